The lowest BCUT2D eigenvalue weighted by atomic mass is 9.92. The molecule has 2 aromatic rings. The fraction of sp³-hybridized carbons (Fsp3) is 0.536. The number of anilines is 1. The normalized spacial score (nSPS) is 18.5. The van der Waals surface area contributed by atoms with Gasteiger partial charge in [-0.05, 0) is 98.7 Å². The minimum absolute atomic E-state index is 0.0492. The van der Waals surface area contributed by atoms with E-state index in [1.807, 2.05) is 19.9 Å². The van der Waals surface area contributed by atoms with Crippen LogP contribution in [0.1, 0.15) is 75.6 Å². The lowest BCUT2D eigenvalue weighted by Crippen LogP contribution is -2.39. The number of nitrogens with one attached hydrogen (secondary N) is 1. The van der Waals surface area contributed by atoms with E-state index in [0.717, 1.165) is 43.2 Å². The van der Waals surface area contributed by atoms with Crippen molar-refractivity contribution in [2.45, 2.75) is 77.9 Å². The summed E-state index contributed by atoms with van der Waals surface area (Å²) >= 11 is 0. The van der Waals surface area contributed by atoms with Crippen LogP contribution in [0, 0.1) is 5.92 Å². The third-order valence-electron chi connectivity index (χ3n) is 7.16. The van der Waals surface area contributed by atoms with E-state index >= 15 is 0 Å². The van der Waals surface area contributed by atoms with Gasteiger partial charge in [0.1, 0.15) is 5.75 Å². The van der Waals surface area contributed by atoms with Crippen molar-refractivity contribution in [1.29, 1.82) is 0 Å². The van der Waals surface area contributed by atoms with Gasteiger partial charge < -0.3 is 15.0 Å². The van der Waals surface area contributed by atoms with Gasteiger partial charge in [-0.2, -0.15) is 0 Å². The number of aryl methyl sites for hydroxylation is 2. The smallest absolute Gasteiger partial charge is 0.261 e. The van der Waals surface area contributed by atoms with Gasteiger partial charge in [-0.15, -0.1) is 0 Å². The lowest BCUT2D eigenvalue weighted by Gasteiger charge is -2.32. The van der Waals surface area contributed by atoms with Crippen molar-refractivity contribution in [3.63, 3.8) is 0 Å². The van der Waals surface area contributed by atoms with Crippen LogP contribution < -0.4 is 15.0 Å². The fourth-order valence-electron chi connectivity index (χ4n) is 4.90. The largest absolute Gasteiger partial charge is 0.481 e. The molecule has 4 nitrogen and oxygen atoms in total. The molecule has 1 aliphatic heterocycles. The zero-order valence-corrected chi connectivity index (χ0v) is 19.9. The third-order valence-corrected chi connectivity index (χ3v) is 7.16. The number of nitrogens with zero attached hydrogens (tertiary/aromatic N) is 1. The zero-order valence-electron chi connectivity index (χ0n) is 19.9. The molecule has 2 aromatic carbocycles. The summed E-state index contributed by atoms with van der Waals surface area (Å²) in [5.74, 6) is 1.59. The molecule has 0 aromatic heterocycles. The Morgan fingerprint density at radius 3 is 2.44 bits per heavy atom. The first kappa shape index (κ1) is 22.7. The van der Waals surface area contributed by atoms with E-state index in [4.69, 9.17) is 4.74 Å². The number of benzene rings is 2. The summed E-state index contributed by atoms with van der Waals surface area (Å²) in [6, 6.07) is 14.9. The second-order valence-corrected chi connectivity index (χ2v) is 9.64. The summed E-state index contributed by atoms with van der Waals surface area (Å²) in [7, 11) is 0. The average Bonchev–Trinajstić information content (AvgIpc) is 2.83. The van der Waals surface area contributed by atoms with Crippen molar-refractivity contribution in [2.75, 3.05) is 18.0 Å². The Kier molecular flexibility index (Phi) is 7.39. The Morgan fingerprint density at radius 2 is 1.75 bits per heavy atom. The van der Waals surface area contributed by atoms with E-state index in [2.05, 4.69) is 53.5 Å². The average molecular weight is 435 g/mol. The highest BCUT2D eigenvalue weighted by Gasteiger charge is 2.22. The Hall–Kier alpha value is -2.49. The minimum Gasteiger partial charge on any atom is -0.481 e. The van der Waals surface area contributed by atoms with Crippen LogP contribution in [0.3, 0.4) is 0 Å². The summed E-state index contributed by atoms with van der Waals surface area (Å²) < 4.78 is 6.12. The molecule has 1 heterocycles. The number of hydrogen-bond donors (Lipinski definition) is 1. The van der Waals surface area contributed by atoms with E-state index < -0.39 is 6.10 Å². The monoisotopic (exact) mass is 434 g/mol. The molecule has 0 bridgehead atoms. The quantitative estimate of drug-likeness (QED) is 0.595. The van der Waals surface area contributed by atoms with Gasteiger partial charge in [0.25, 0.3) is 5.91 Å². The summed E-state index contributed by atoms with van der Waals surface area (Å²) in [5, 5.41) is 3.16. The van der Waals surface area contributed by atoms with Crippen molar-refractivity contribution >= 4 is 11.6 Å². The molecule has 1 aliphatic carbocycles. The van der Waals surface area contributed by atoms with Gasteiger partial charge in [0.05, 0.1) is 6.04 Å². The van der Waals surface area contributed by atoms with Crippen molar-refractivity contribution in [3.05, 3.63) is 59.2 Å². The fourth-order valence-corrected chi connectivity index (χ4v) is 4.90. The lowest BCUT2D eigenvalue weighted by molar-refractivity contribution is -0.128. The second-order valence-electron chi connectivity index (χ2n) is 9.64. The molecule has 2 aliphatic rings. The van der Waals surface area contributed by atoms with Crippen LogP contribution in [0.25, 0.3) is 0 Å². The molecule has 2 atom stereocenters. The third kappa shape index (κ3) is 5.46. The summed E-state index contributed by atoms with van der Waals surface area (Å²) in [4.78, 5) is 15.4. The van der Waals surface area contributed by atoms with Gasteiger partial charge in [-0.3, -0.25) is 4.79 Å². The summed E-state index contributed by atoms with van der Waals surface area (Å²) in [5.41, 5.74) is 5.20. The molecule has 1 amide bonds. The van der Waals surface area contributed by atoms with Gasteiger partial charge in [0, 0.05) is 18.8 Å². The van der Waals surface area contributed by atoms with Crippen LogP contribution >= 0.6 is 0 Å². The van der Waals surface area contributed by atoms with Crippen LogP contribution in [-0.2, 0) is 17.6 Å². The van der Waals surface area contributed by atoms with Crippen molar-refractivity contribution in [3.8, 4) is 5.75 Å². The van der Waals surface area contributed by atoms with Crippen LogP contribution in [-0.4, -0.2) is 25.1 Å². The van der Waals surface area contributed by atoms with Crippen LogP contribution in [0.4, 0.5) is 5.69 Å². The topological polar surface area (TPSA) is 41.6 Å². The Bertz CT molecular complexity index is 900. The molecule has 32 heavy (non-hydrogen) atoms. The first-order valence-electron chi connectivity index (χ1n) is 12.5. The summed E-state index contributed by atoms with van der Waals surface area (Å²) in [6.45, 7) is 8.64. The number of amides is 1. The van der Waals surface area contributed by atoms with Gasteiger partial charge in [-0.1, -0.05) is 32.0 Å². The number of piperidine rings is 1. The first-order valence-corrected chi connectivity index (χ1v) is 12.5. The number of fused-ring (bicyclic) bond motifs is 1. The van der Waals surface area contributed by atoms with E-state index in [1.54, 1.807) is 0 Å². The number of hydrogen-bond acceptors (Lipinski definition) is 3. The molecule has 1 fully saturated rings. The predicted octanol–water partition coefficient (Wildman–Crippen LogP) is 5.84. The minimum atomic E-state index is -0.478. The predicted molar refractivity (Wildman–Crippen MR) is 131 cm³/mol. The van der Waals surface area contributed by atoms with E-state index in [9.17, 15) is 4.79 Å². The van der Waals surface area contributed by atoms with Gasteiger partial charge in [0.15, 0.2) is 6.10 Å². The molecular formula is C28H38N2O2. The molecule has 172 valence electrons. The van der Waals surface area contributed by atoms with Crippen LogP contribution in [0.5, 0.6) is 5.75 Å². The first-order chi connectivity index (χ1) is 15.5. The Morgan fingerprint density at radius 1 is 1.06 bits per heavy atom. The van der Waals surface area contributed by atoms with E-state index in [1.165, 1.54) is 42.5 Å². The maximum absolute atomic E-state index is 13.0. The molecule has 4 rings (SSSR count). The molecule has 1 saturated heterocycles. The highest BCUT2D eigenvalue weighted by molar-refractivity contribution is 5.81. The highest BCUT2D eigenvalue weighted by atomic mass is 16.5. The maximum atomic E-state index is 13.0. The number of rotatable bonds is 7. The molecule has 0 radical (unpaired) electrons. The Balaban J connectivity index is 1.34. The zero-order chi connectivity index (χ0) is 22.5. The molecule has 0 saturated carbocycles. The number of ether oxygens (including phenoxy) is 1. The van der Waals surface area contributed by atoms with Gasteiger partial charge >= 0.3 is 0 Å². The summed E-state index contributed by atoms with van der Waals surface area (Å²) in [6.07, 6.45) is 7.45. The maximum Gasteiger partial charge on any atom is 0.261 e. The molecule has 4 heteroatoms. The molecule has 1 N–H and O–H groups in total. The van der Waals surface area contributed by atoms with E-state index in [-0.39, 0.29) is 11.9 Å². The van der Waals surface area contributed by atoms with Crippen LogP contribution in [0.2, 0.25) is 0 Å². The van der Waals surface area contributed by atoms with Crippen molar-refractivity contribution in [1.82, 2.24) is 5.32 Å². The van der Waals surface area contributed by atoms with Crippen molar-refractivity contribution < 1.29 is 9.53 Å². The van der Waals surface area contributed by atoms with Gasteiger partial charge in [-0.25, -0.2) is 0 Å². The van der Waals surface area contributed by atoms with E-state index in [0.29, 0.717) is 6.42 Å². The molecule has 0 spiro atoms. The standard InChI is InChI=1S/C28H38N2O2/c1-4-27(32-26-14-11-23-7-5-6-8-24(23)19-26)28(31)29-21(3)22-9-12-25(13-10-22)30-17-15-20(2)16-18-30/h9-14,19-21,27H,4-8,15-18H2,1-3H3,(H,29,31)/t21-,27+/m0/s1. The second kappa shape index (κ2) is 10.4. The SMILES string of the molecule is CC[C@@H](Oc1ccc2c(c1)CCCC2)C(=O)N[C@@H](C)c1ccc(N2CCC(C)CC2)cc1. The van der Waals surface area contributed by atoms with Crippen LogP contribution in [0.15, 0.2) is 42.5 Å². The molecular weight excluding hydrogens is 396 g/mol. The van der Waals surface area contributed by atoms with Gasteiger partial charge in [0.2, 0.25) is 0 Å². The molecule has 0 unspecified atom stereocenters. The van der Waals surface area contributed by atoms with Crippen molar-refractivity contribution in [2.24, 2.45) is 5.92 Å². The highest BCUT2D eigenvalue weighted by Crippen LogP contribution is 2.27. The Labute approximate surface area is 193 Å². The number of carbonyl (C=O) groups is 1. The number of carbonyl (C=O) groups excluding carboxylic acids is 1.